The minimum absolute atomic E-state index is 0.0603. The predicted octanol–water partition coefficient (Wildman–Crippen LogP) is 4.55. The molecule has 5 nitrogen and oxygen atoms in total. The number of amides is 3. The third kappa shape index (κ3) is 4.68. The van der Waals surface area contributed by atoms with Gasteiger partial charge in [-0.1, -0.05) is 25.0 Å². The highest BCUT2D eigenvalue weighted by atomic mass is 19.1. The molecule has 0 atom stereocenters. The first-order chi connectivity index (χ1) is 13.4. The van der Waals surface area contributed by atoms with Crippen LogP contribution < -0.4 is 16.0 Å². The van der Waals surface area contributed by atoms with E-state index in [1.54, 1.807) is 36.4 Å². The average molecular weight is 383 g/mol. The second-order valence-corrected chi connectivity index (χ2v) is 7.58. The number of halogens is 1. The van der Waals surface area contributed by atoms with Gasteiger partial charge in [0.25, 0.3) is 5.91 Å². The van der Waals surface area contributed by atoms with Crippen LogP contribution in [-0.2, 0) is 5.54 Å². The van der Waals surface area contributed by atoms with Gasteiger partial charge in [-0.05, 0) is 68.7 Å². The van der Waals surface area contributed by atoms with Gasteiger partial charge in [-0.25, -0.2) is 9.18 Å². The van der Waals surface area contributed by atoms with E-state index < -0.39 is 5.54 Å². The molecule has 6 heteroatoms. The number of rotatable bonds is 5. The molecule has 2 aromatic carbocycles. The fourth-order valence-corrected chi connectivity index (χ4v) is 3.66. The number of urea groups is 1. The summed E-state index contributed by atoms with van der Waals surface area (Å²) in [4.78, 5) is 24.6. The molecule has 0 bridgehead atoms. The van der Waals surface area contributed by atoms with Crippen molar-refractivity contribution in [2.45, 2.75) is 51.1 Å². The molecular weight excluding hydrogens is 357 g/mol. The largest absolute Gasteiger partial charge is 0.350 e. The molecule has 2 aromatic rings. The Kier molecular flexibility index (Phi) is 5.97. The van der Waals surface area contributed by atoms with E-state index in [9.17, 15) is 14.0 Å². The Morgan fingerprint density at radius 2 is 1.57 bits per heavy atom. The fourth-order valence-electron chi connectivity index (χ4n) is 3.66. The summed E-state index contributed by atoms with van der Waals surface area (Å²) in [7, 11) is 0. The number of carbonyl (C=O) groups excluding carboxylic acids is 2. The molecular formula is C22H26FN3O2. The zero-order valence-electron chi connectivity index (χ0n) is 16.2. The van der Waals surface area contributed by atoms with E-state index in [-0.39, 0.29) is 23.8 Å². The third-order valence-corrected chi connectivity index (χ3v) is 5.03. The van der Waals surface area contributed by atoms with Gasteiger partial charge in [0.05, 0.1) is 5.54 Å². The van der Waals surface area contributed by atoms with Crippen LogP contribution in [0.4, 0.5) is 14.9 Å². The highest BCUT2D eigenvalue weighted by molar-refractivity contribution is 5.95. The van der Waals surface area contributed by atoms with Crippen molar-refractivity contribution in [1.82, 2.24) is 10.6 Å². The number of hydrogen-bond acceptors (Lipinski definition) is 2. The summed E-state index contributed by atoms with van der Waals surface area (Å²) in [5, 5.41) is 8.74. The van der Waals surface area contributed by atoms with Crippen molar-refractivity contribution >= 4 is 17.6 Å². The summed E-state index contributed by atoms with van der Waals surface area (Å²) in [5.74, 6) is -0.435. The van der Waals surface area contributed by atoms with Crippen molar-refractivity contribution in [2.75, 3.05) is 5.32 Å². The fraction of sp³-hybridized carbons (Fsp3) is 0.364. The molecule has 1 aliphatic carbocycles. The summed E-state index contributed by atoms with van der Waals surface area (Å²) in [6.45, 7) is 3.80. The molecule has 1 aliphatic rings. The van der Waals surface area contributed by atoms with Gasteiger partial charge in [-0.3, -0.25) is 4.79 Å². The van der Waals surface area contributed by atoms with Crippen LogP contribution in [0.25, 0.3) is 0 Å². The Labute approximate surface area is 164 Å². The van der Waals surface area contributed by atoms with Crippen LogP contribution in [0, 0.1) is 5.82 Å². The third-order valence-electron chi connectivity index (χ3n) is 5.03. The Hall–Kier alpha value is -2.89. The maximum atomic E-state index is 13.3. The summed E-state index contributed by atoms with van der Waals surface area (Å²) < 4.78 is 13.3. The predicted molar refractivity (Wildman–Crippen MR) is 108 cm³/mol. The maximum Gasteiger partial charge on any atom is 0.319 e. The maximum absolute atomic E-state index is 13.3. The van der Waals surface area contributed by atoms with Gasteiger partial charge in [0.1, 0.15) is 5.82 Å². The molecule has 0 saturated heterocycles. The molecule has 1 saturated carbocycles. The lowest BCUT2D eigenvalue weighted by atomic mass is 9.88. The van der Waals surface area contributed by atoms with Crippen molar-refractivity contribution in [3.63, 3.8) is 0 Å². The molecule has 0 unspecified atom stereocenters. The van der Waals surface area contributed by atoms with Crippen molar-refractivity contribution < 1.29 is 14.0 Å². The average Bonchev–Trinajstić information content (AvgIpc) is 3.11. The van der Waals surface area contributed by atoms with E-state index in [1.165, 1.54) is 12.1 Å². The Bertz CT molecular complexity index is 826. The number of carbonyl (C=O) groups is 2. The standard InChI is InChI=1S/C22H26FN3O2/c1-15(2)24-20(27)16-5-11-19(12-6-16)25-21(28)26-22(13-3-4-14-22)17-7-9-18(23)10-8-17/h5-12,15H,3-4,13-14H2,1-2H3,(H,24,27)(H2,25,26,28). The highest BCUT2D eigenvalue weighted by Crippen LogP contribution is 2.38. The van der Waals surface area contributed by atoms with E-state index in [1.807, 2.05) is 13.8 Å². The van der Waals surface area contributed by atoms with Crippen LogP contribution in [-0.4, -0.2) is 18.0 Å². The molecule has 28 heavy (non-hydrogen) atoms. The van der Waals surface area contributed by atoms with Crippen LogP contribution in [0.5, 0.6) is 0 Å². The Morgan fingerprint density at radius 1 is 0.964 bits per heavy atom. The minimum atomic E-state index is -0.477. The Balaban J connectivity index is 1.67. The van der Waals surface area contributed by atoms with Gasteiger partial charge in [0.2, 0.25) is 0 Å². The van der Waals surface area contributed by atoms with E-state index in [0.29, 0.717) is 11.3 Å². The molecule has 3 N–H and O–H groups in total. The van der Waals surface area contributed by atoms with Gasteiger partial charge in [-0.2, -0.15) is 0 Å². The topological polar surface area (TPSA) is 70.2 Å². The molecule has 148 valence electrons. The van der Waals surface area contributed by atoms with Crippen LogP contribution in [0.3, 0.4) is 0 Å². The zero-order chi connectivity index (χ0) is 20.1. The molecule has 3 amide bonds. The first kappa shape index (κ1) is 19.9. The molecule has 0 heterocycles. The van der Waals surface area contributed by atoms with Crippen LogP contribution in [0.2, 0.25) is 0 Å². The first-order valence-electron chi connectivity index (χ1n) is 9.64. The van der Waals surface area contributed by atoms with Crippen LogP contribution in [0.15, 0.2) is 48.5 Å². The summed E-state index contributed by atoms with van der Waals surface area (Å²) in [6.07, 6.45) is 3.66. The summed E-state index contributed by atoms with van der Waals surface area (Å²) >= 11 is 0. The van der Waals surface area contributed by atoms with E-state index in [4.69, 9.17) is 0 Å². The summed E-state index contributed by atoms with van der Waals surface area (Å²) in [6, 6.07) is 12.8. The summed E-state index contributed by atoms with van der Waals surface area (Å²) in [5.41, 5.74) is 1.58. The quantitative estimate of drug-likeness (QED) is 0.709. The minimum Gasteiger partial charge on any atom is -0.350 e. The smallest absolute Gasteiger partial charge is 0.319 e. The van der Waals surface area contributed by atoms with Crippen LogP contribution >= 0.6 is 0 Å². The van der Waals surface area contributed by atoms with Crippen molar-refractivity contribution in [3.8, 4) is 0 Å². The number of benzene rings is 2. The monoisotopic (exact) mass is 383 g/mol. The lowest BCUT2D eigenvalue weighted by Crippen LogP contribution is -2.45. The highest BCUT2D eigenvalue weighted by Gasteiger charge is 2.37. The number of anilines is 1. The lowest BCUT2D eigenvalue weighted by Gasteiger charge is -2.31. The molecule has 0 aromatic heterocycles. The molecule has 0 radical (unpaired) electrons. The SMILES string of the molecule is CC(C)NC(=O)c1ccc(NC(=O)NC2(c3ccc(F)cc3)CCCC2)cc1. The van der Waals surface area contributed by atoms with Crippen molar-refractivity contribution in [3.05, 3.63) is 65.5 Å². The van der Waals surface area contributed by atoms with Gasteiger partial charge in [0.15, 0.2) is 0 Å². The van der Waals surface area contributed by atoms with Gasteiger partial charge in [0, 0.05) is 17.3 Å². The second-order valence-electron chi connectivity index (χ2n) is 7.58. The molecule has 0 spiro atoms. The van der Waals surface area contributed by atoms with Crippen molar-refractivity contribution in [1.29, 1.82) is 0 Å². The van der Waals surface area contributed by atoms with Gasteiger partial charge in [-0.15, -0.1) is 0 Å². The number of nitrogens with one attached hydrogen (secondary N) is 3. The zero-order valence-corrected chi connectivity index (χ0v) is 16.2. The number of hydrogen-bond donors (Lipinski definition) is 3. The van der Waals surface area contributed by atoms with E-state index in [2.05, 4.69) is 16.0 Å². The first-order valence-corrected chi connectivity index (χ1v) is 9.64. The Morgan fingerprint density at radius 3 is 2.14 bits per heavy atom. The molecule has 0 aliphatic heterocycles. The van der Waals surface area contributed by atoms with Gasteiger partial charge >= 0.3 is 6.03 Å². The lowest BCUT2D eigenvalue weighted by molar-refractivity contribution is 0.0943. The van der Waals surface area contributed by atoms with Crippen molar-refractivity contribution in [2.24, 2.45) is 0 Å². The molecule has 3 rings (SSSR count). The second kappa shape index (κ2) is 8.42. The van der Waals surface area contributed by atoms with Gasteiger partial charge < -0.3 is 16.0 Å². The normalized spacial score (nSPS) is 15.3. The van der Waals surface area contributed by atoms with E-state index in [0.717, 1.165) is 31.2 Å². The van der Waals surface area contributed by atoms with E-state index >= 15 is 0 Å². The van der Waals surface area contributed by atoms with Crippen LogP contribution in [0.1, 0.15) is 55.5 Å². The molecule has 1 fully saturated rings.